The molecule has 0 radical (unpaired) electrons. The van der Waals surface area contributed by atoms with Crippen LogP contribution in [0.1, 0.15) is 39.5 Å². The van der Waals surface area contributed by atoms with Gasteiger partial charge in [-0.3, -0.25) is 4.79 Å². The molecule has 2 heterocycles. The maximum atomic E-state index is 13.1. The zero-order valence-corrected chi connectivity index (χ0v) is 15.3. The van der Waals surface area contributed by atoms with Crippen molar-refractivity contribution in [2.45, 2.75) is 31.0 Å². The van der Waals surface area contributed by atoms with Gasteiger partial charge < -0.3 is 15.8 Å². The molecule has 1 aromatic heterocycles. The fraction of sp³-hybridized carbons (Fsp3) is 0.444. The standard InChI is InChI=1S/C18H20F3N3O2S/c19-18(20,21)13-3-1-2-12(8-13)17(4-6-26-7-5-17)11-23-16(25)14-10-27-15(9-22)24-14/h1-3,8,10H,4-7,9,11,22H2,(H,23,25). The van der Waals surface area contributed by atoms with Crippen LogP contribution in [0.4, 0.5) is 13.2 Å². The fourth-order valence-corrected chi connectivity index (χ4v) is 3.86. The second kappa shape index (κ2) is 7.95. The third kappa shape index (κ3) is 4.48. The number of nitrogens with two attached hydrogens (primary N) is 1. The number of hydrogen-bond donors (Lipinski definition) is 2. The molecule has 9 heteroatoms. The summed E-state index contributed by atoms with van der Waals surface area (Å²) in [6, 6.07) is 5.32. The van der Waals surface area contributed by atoms with Gasteiger partial charge in [0.05, 0.1) is 5.56 Å². The molecule has 1 aromatic carbocycles. The number of benzene rings is 1. The van der Waals surface area contributed by atoms with Gasteiger partial charge in [-0.25, -0.2) is 4.98 Å². The monoisotopic (exact) mass is 399 g/mol. The summed E-state index contributed by atoms with van der Waals surface area (Å²) >= 11 is 1.30. The van der Waals surface area contributed by atoms with E-state index in [4.69, 9.17) is 10.5 Å². The molecule has 1 amide bonds. The van der Waals surface area contributed by atoms with Crippen LogP contribution in [0.15, 0.2) is 29.6 Å². The summed E-state index contributed by atoms with van der Waals surface area (Å²) in [6.45, 7) is 1.33. The Morgan fingerprint density at radius 3 is 2.70 bits per heavy atom. The van der Waals surface area contributed by atoms with E-state index in [0.29, 0.717) is 36.6 Å². The maximum Gasteiger partial charge on any atom is 0.416 e. The number of ether oxygens (including phenoxy) is 1. The van der Waals surface area contributed by atoms with Gasteiger partial charge in [0.1, 0.15) is 10.7 Å². The minimum absolute atomic E-state index is 0.214. The van der Waals surface area contributed by atoms with Crippen LogP contribution in [0.3, 0.4) is 0 Å². The summed E-state index contributed by atoms with van der Waals surface area (Å²) in [5.74, 6) is -0.358. The predicted octanol–water partition coefficient (Wildman–Crippen LogP) is 3.10. The molecule has 5 nitrogen and oxygen atoms in total. The minimum Gasteiger partial charge on any atom is -0.381 e. The molecule has 0 saturated carbocycles. The van der Waals surface area contributed by atoms with Gasteiger partial charge in [0, 0.05) is 37.1 Å². The van der Waals surface area contributed by atoms with Crippen LogP contribution in [0, 0.1) is 0 Å². The average molecular weight is 399 g/mol. The van der Waals surface area contributed by atoms with Crippen molar-refractivity contribution in [1.82, 2.24) is 10.3 Å². The van der Waals surface area contributed by atoms with E-state index in [2.05, 4.69) is 10.3 Å². The van der Waals surface area contributed by atoms with Crippen LogP contribution in [0.2, 0.25) is 0 Å². The number of amides is 1. The molecule has 146 valence electrons. The van der Waals surface area contributed by atoms with E-state index < -0.39 is 17.2 Å². The van der Waals surface area contributed by atoms with Gasteiger partial charge in [-0.15, -0.1) is 11.3 Å². The third-order valence-electron chi connectivity index (χ3n) is 4.80. The summed E-state index contributed by atoms with van der Waals surface area (Å²) in [7, 11) is 0. The molecule has 1 fully saturated rings. The number of rotatable bonds is 5. The number of carbonyl (C=O) groups is 1. The highest BCUT2D eigenvalue weighted by Gasteiger charge is 2.37. The van der Waals surface area contributed by atoms with Gasteiger partial charge in [0.15, 0.2) is 0 Å². The number of halogens is 3. The maximum absolute atomic E-state index is 13.1. The molecule has 0 aliphatic carbocycles. The number of nitrogens with one attached hydrogen (secondary N) is 1. The van der Waals surface area contributed by atoms with Gasteiger partial charge in [0.2, 0.25) is 0 Å². The normalized spacial score (nSPS) is 16.9. The predicted molar refractivity (Wildman–Crippen MR) is 95.5 cm³/mol. The van der Waals surface area contributed by atoms with Crippen molar-refractivity contribution < 1.29 is 22.7 Å². The molecule has 0 atom stereocenters. The van der Waals surface area contributed by atoms with Crippen molar-refractivity contribution in [2.24, 2.45) is 5.73 Å². The van der Waals surface area contributed by atoms with E-state index in [0.717, 1.165) is 6.07 Å². The van der Waals surface area contributed by atoms with Gasteiger partial charge in [0.25, 0.3) is 5.91 Å². The van der Waals surface area contributed by atoms with Gasteiger partial charge in [-0.05, 0) is 24.5 Å². The highest BCUT2D eigenvalue weighted by molar-refractivity contribution is 7.09. The second-order valence-electron chi connectivity index (χ2n) is 6.48. The number of hydrogen-bond acceptors (Lipinski definition) is 5. The van der Waals surface area contributed by atoms with E-state index in [1.54, 1.807) is 11.4 Å². The van der Waals surface area contributed by atoms with Crippen LogP contribution >= 0.6 is 11.3 Å². The number of thiazole rings is 1. The summed E-state index contributed by atoms with van der Waals surface area (Å²) in [5.41, 5.74) is 5.04. The first-order chi connectivity index (χ1) is 12.8. The lowest BCUT2D eigenvalue weighted by molar-refractivity contribution is -0.137. The van der Waals surface area contributed by atoms with E-state index in [-0.39, 0.29) is 24.7 Å². The molecule has 0 unspecified atom stereocenters. The summed E-state index contributed by atoms with van der Waals surface area (Å²) in [4.78, 5) is 16.5. The van der Waals surface area contributed by atoms with Crippen LogP contribution in [-0.2, 0) is 22.9 Å². The van der Waals surface area contributed by atoms with Crippen LogP contribution in [-0.4, -0.2) is 30.6 Å². The minimum atomic E-state index is -4.41. The second-order valence-corrected chi connectivity index (χ2v) is 7.43. The third-order valence-corrected chi connectivity index (χ3v) is 5.67. The summed E-state index contributed by atoms with van der Waals surface area (Å²) in [5, 5.41) is 5.11. The van der Waals surface area contributed by atoms with Crippen molar-refractivity contribution in [1.29, 1.82) is 0 Å². The molecule has 3 rings (SSSR count). The molecule has 1 aliphatic heterocycles. The van der Waals surface area contributed by atoms with Crippen LogP contribution in [0.5, 0.6) is 0 Å². The van der Waals surface area contributed by atoms with Gasteiger partial charge in [-0.1, -0.05) is 18.2 Å². The quantitative estimate of drug-likeness (QED) is 0.810. The molecular weight excluding hydrogens is 379 g/mol. The number of aromatic nitrogens is 1. The van der Waals surface area contributed by atoms with E-state index in [9.17, 15) is 18.0 Å². The van der Waals surface area contributed by atoms with E-state index in [1.807, 2.05) is 0 Å². The lowest BCUT2D eigenvalue weighted by Gasteiger charge is -2.38. The Kier molecular flexibility index (Phi) is 5.83. The lowest BCUT2D eigenvalue weighted by Crippen LogP contribution is -2.44. The van der Waals surface area contributed by atoms with Crippen LogP contribution in [0.25, 0.3) is 0 Å². The largest absolute Gasteiger partial charge is 0.416 e. The van der Waals surface area contributed by atoms with Gasteiger partial charge in [-0.2, -0.15) is 13.2 Å². The van der Waals surface area contributed by atoms with Crippen molar-refractivity contribution in [3.05, 3.63) is 51.5 Å². The Morgan fingerprint density at radius 2 is 2.07 bits per heavy atom. The molecule has 1 aliphatic rings. The van der Waals surface area contributed by atoms with E-state index >= 15 is 0 Å². The Bertz CT molecular complexity index is 801. The first-order valence-electron chi connectivity index (χ1n) is 8.52. The summed E-state index contributed by atoms with van der Waals surface area (Å²) in [6.07, 6.45) is -3.36. The molecule has 0 bridgehead atoms. The highest BCUT2D eigenvalue weighted by Crippen LogP contribution is 2.37. The van der Waals surface area contributed by atoms with Gasteiger partial charge >= 0.3 is 6.18 Å². The van der Waals surface area contributed by atoms with Crippen molar-refractivity contribution in [3.63, 3.8) is 0 Å². The Balaban J connectivity index is 1.82. The smallest absolute Gasteiger partial charge is 0.381 e. The first-order valence-corrected chi connectivity index (χ1v) is 9.40. The van der Waals surface area contributed by atoms with Crippen molar-refractivity contribution in [2.75, 3.05) is 19.8 Å². The van der Waals surface area contributed by atoms with Crippen LogP contribution < -0.4 is 11.1 Å². The molecule has 0 spiro atoms. The molecule has 2 aromatic rings. The van der Waals surface area contributed by atoms with E-state index in [1.165, 1.54) is 23.5 Å². The first kappa shape index (κ1) is 19.8. The molecular formula is C18H20F3N3O2S. The van der Waals surface area contributed by atoms with Crippen molar-refractivity contribution >= 4 is 17.2 Å². The Morgan fingerprint density at radius 1 is 1.33 bits per heavy atom. The lowest BCUT2D eigenvalue weighted by atomic mass is 9.73. The summed E-state index contributed by atoms with van der Waals surface area (Å²) < 4.78 is 44.8. The number of carbonyl (C=O) groups excluding carboxylic acids is 1. The highest BCUT2D eigenvalue weighted by atomic mass is 32.1. The topological polar surface area (TPSA) is 77.2 Å². The number of alkyl halides is 3. The Labute approximate surface area is 158 Å². The number of nitrogens with zero attached hydrogens (tertiary/aromatic N) is 1. The molecule has 1 saturated heterocycles. The fourth-order valence-electron chi connectivity index (χ4n) is 3.20. The Hall–Kier alpha value is -1.97. The zero-order valence-electron chi connectivity index (χ0n) is 14.5. The van der Waals surface area contributed by atoms with Crippen molar-refractivity contribution in [3.8, 4) is 0 Å². The zero-order chi connectivity index (χ0) is 19.5. The molecule has 3 N–H and O–H groups in total. The average Bonchev–Trinajstić information content (AvgIpc) is 3.16. The molecule has 27 heavy (non-hydrogen) atoms. The SMILES string of the molecule is NCc1nc(C(=O)NCC2(c3cccc(C(F)(F)F)c3)CCOCC2)cs1.